The number of nitrogens with one attached hydrogen (secondary N) is 1. The van der Waals surface area contributed by atoms with Crippen LogP contribution in [-0.2, 0) is 14.3 Å². The van der Waals surface area contributed by atoms with Gasteiger partial charge in [0, 0.05) is 17.5 Å². The number of rotatable bonds is 7. The number of amides is 1. The monoisotopic (exact) mass is 411 g/mol. The molecule has 1 aromatic carbocycles. The molecule has 1 atom stereocenters. The summed E-state index contributed by atoms with van der Waals surface area (Å²) in [6.45, 7) is 5.46. The molecular formula is C25H33NO4. The number of hydrogen-bond acceptors (Lipinski definition) is 4. The van der Waals surface area contributed by atoms with Crippen molar-refractivity contribution in [2.45, 2.75) is 83.8 Å². The molecule has 30 heavy (non-hydrogen) atoms. The van der Waals surface area contributed by atoms with Crippen LogP contribution in [0.1, 0.15) is 79.8 Å². The van der Waals surface area contributed by atoms with E-state index in [9.17, 15) is 14.4 Å². The SMILES string of the molecule is Cc1ccc(C)c(C(=O)CCC(=O)O[C@H](C)C(=O)NC23CC4CC(CC(C4)C2)C3)c1. The van der Waals surface area contributed by atoms with Crippen LogP contribution in [0, 0.1) is 31.6 Å². The highest BCUT2D eigenvalue weighted by molar-refractivity contribution is 5.99. The van der Waals surface area contributed by atoms with Gasteiger partial charge in [-0.05, 0) is 88.7 Å². The fraction of sp³-hybridized carbons (Fsp3) is 0.640. The van der Waals surface area contributed by atoms with Gasteiger partial charge in [-0.25, -0.2) is 0 Å². The summed E-state index contributed by atoms with van der Waals surface area (Å²) in [6, 6.07) is 5.73. The van der Waals surface area contributed by atoms with Crippen molar-refractivity contribution < 1.29 is 19.1 Å². The number of hydrogen-bond donors (Lipinski definition) is 1. The van der Waals surface area contributed by atoms with Crippen LogP contribution in [0.2, 0.25) is 0 Å². The maximum atomic E-state index is 12.7. The number of aryl methyl sites for hydroxylation is 2. The lowest BCUT2D eigenvalue weighted by Gasteiger charge is -2.57. The van der Waals surface area contributed by atoms with Crippen LogP contribution in [0.5, 0.6) is 0 Å². The number of Topliss-reactive ketones (excluding diaryl/α,β-unsaturated/α-hetero) is 1. The third-order valence-corrected chi connectivity index (χ3v) is 7.35. The zero-order valence-corrected chi connectivity index (χ0v) is 18.3. The van der Waals surface area contributed by atoms with E-state index in [0.717, 1.165) is 48.1 Å². The number of benzene rings is 1. The third kappa shape index (κ3) is 4.45. The Labute approximate surface area is 178 Å². The van der Waals surface area contributed by atoms with Crippen molar-refractivity contribution in [1.29, 1.82) is 0 Å². The van der Waals surface area contributed by atoms with Crippen molar-refractivity contribution in [3.63, 3.8) is 0 Å². The van der Waals surface area contributed by atoms with E-state index in [0.29, 0.717) is 5.56 Å². The summed E-state index contributed by atoms with van der Waals surface area (Å²) in [4.78, 5) is 37.5. The molecule has 5 heteroatoms. The molecule has 4 bridgehead atoms. The molecule has 0 spiro atoms. The fourth-order valence-corrected chi connectivity index (χ4v) is 6.32. The van der Waals surface area contributed by atoms with Gasteiger partial charge in [0.25, 0.3) is 5.91 Å². The maximum absolute atomic E-state index is 12.7. The average molecular weight is 412 g/mol. The Morgan fingerprint density at radius 3 is 2.23 bits per heavy atom. The molecule has 4 aliphatic carbocycles. The molecule has 4 fully saturated rings. The molecule has 1 N–H and O–H groups in total. The van der Waals surface area contributed by atoms with Gasteiger partial charge in [0.1, 0.15) is 0 Å². The predicted octanol–water partition coefficient (Wildman–Crippen LogP) is 4.28. The summed E-state index contributed by atoms with van der Waals surface area (Å²) in [5, 5.41) is 3.25. The smallest absolute Gasteiger partial charge is 0.307 e. The number of esters is 1. The van der Waals surface area contributed by atoms with Crippen molar-refractivity contribution >= 4 is 17.7 Å². The van der Waals surface area contributed by atoms with E-state index in [1.165, 1.54) is 19.3 Å². The molecule has 0 aromatic heterocycles. The number of ketones is 1. The van der Waals surface area contributed by atoms with Gasteiger partial charge in [0.15, 0.2) is 11.9 Å². The molecule has 4 aliphatic rings. The Bertz CT molecular complexity index is 823. The van der Waals surface area contributed by atoms with Crippen LogP contribution in [0.4, 0.5) is 0 Å². The van der Waals surface area contributed by atoms with Gasteiger partial charge < -0.3 is 10.1 Å². The zero-order valence-electron chi connectivity index (χ0n) is 18.3. The standard InChI is InChI=1S/C25H33NO4/c1-15-4-5-16(2)21(8-15)22(27)6-7-23(28)30-17(3)24(29)26-25-12-18-9-19(13-25)11-20(10-18)14-25/h4-5,8,17-20H,6-7,9-14H2,1-3H3,(H,26,29)/t17-,18?,19?,20?,25?/m1/s1. The minimum absolute atomic E-state index is 0.0127. The van der Waals surface area contributed by atoms with Gasteiger partial charge >= 0.3 is 5.97 Å². The van der Waals surface area contributed by atoms with Crippen molar-refractivity contribution in [1.82, 2.24) is 5.32 Å². The largest absolute Gasteiger partial charge is 0.453 e. The molecule has 0 aliphatic heterocycles. The highest BCUT2D eigenvalue weighted by Crippen LogP contribution is 2.55. The fourth-order valence-electron chi connectivity index (χ4n) is 6.32. The summed E-state index contributed by atoms with van der Waals surface area (Å²) < 4.78 is 5.36. The summed E-state index contributed by atoms with van der Waals surface area (Å²) in [6.07, 6.45) is 6.38. The van der Waals surface area contributed by atoms with Crippen molar-refractivity contribution in [2.75, 3.05) is 0 Å². The molecule has 0 unspecified atom stereocenters. The van der Waals surface area contributed by atoms with E-state index in [1.54, 1.807) is 6.92 Å². The van der Waals surface area contributed by atoms with Crippen LogP contribution in [0.3, 0.4) is 0 Å². The van der Waals surface area contributed by atoms with Gasteiger partial charge in [0.05, 0.1) is 6.42 Å². The highest BCUT2D eigenvalue weighted by Gasteiger charge is 2.51. The Kier molecular flexibility index (Phi) is 5.73. The minimum Gasteiger partial charge on any atom is -0.453 e. The summed E-state index contributed by atoms with van der Waals surface area (Å²) in [5.74, 6) is 1.45. The lowest BCUT2D eigenvalue weighted by atomic mass is 9.53. The van der Waals surface area contributed by atoms with Gasteiger partial charge in [-0.2, -0.15) is 0 Å². The zero-order chi connectivity index (χ0) is 21.5. The minimum atomic E-state index is -0.832. The van der Waals surface area contributed by atoms with Gasteiger partial charge in [-0.3, -0.25) is 14.4 Å². The van der Waals surface area contributed by atoms with Crippen LogP contribution < -0.4 is 5.32 Å². The lowest BCUT2D eigenvalue weighted by molar-refractivity contribution is -0.156. The molecule has 4 saturated carbocycles. The average Bonchev–Trinajstić information content (AvgIpc) is 2.66. The van der Waals surface area contributed by atoms with E-state index >= 15 is 0 Å². The lowest BCUT2D eigenvalue weighted by Crippen LogP contribution is -2.61. The maximum Gasteiger partial charge on any atom is 0.307 e. The Morgan fingerprint density at radius 1 is 1.03 bits per heavy atom. The molecule has 5 nitrogen and oxygen atoms in total. The molecule has 0 radical (unpaired) electrons. The van der Waals surface area contributed by atoms with E-state index in [2.05, 4.69) is 5.32 Å². The van der Waals surface area contributed by atoms with Gasteiger partial charge in [0.2, 0.25) is 0 Å². The topological polar surface area (TPSA) is 72.5 Å². The highest BCUT2D eigenvalue weighted by atomic mass is 16.5. The molecular weight excluding hydrogens is 378 g/mol. The second-order valence-corrected chi connectivity index (χ2v) is 10.1. The molecule has 1 aromatic rings. The molecule has 0 saturated heterocycles. The second kappa shape index (κ2) is 8.16. The number of ether oxygens (including phenoxy) is 1. The summed E-state index contributed by atoms with van der Waals surface area (Å²) in [5.41, 5.74) is 2.48. The van der Waals surface area contributed by atoms with Gasteiger partial charge in [-0.1, -0.05) is 17.7 Å². The molecule has 1 amide bonds. The molecule has 162 valence electrons. The predicted molar refractivity (Wildman–Crippen MR) is 114 cm³/mol. The Morgan fingerprint density at radius 2 is 1.63 bits per heavy atom. The van der Waals surface area contributed by atoms with Crippen molar-refractivity contribution in [3.05, 3.63) is 34.9 Å². The van der Waals surface area contributed by atoms with E-state index in [1.807, 2.05) is 32.0 Å². The summed E-state index contributed by atoms with van der Waals surface area (Å²) in [7, 11) is 0. The Balaban J connectivity index is 1.27. The van der Waals surface area contributed by atoms with E-state index in [4.69, 9.17) is 4.74 Å². The normalized spacial score (nSPS) is 30.0. The van der Waals surface area contributed by atoms with Crippen LogP contribution in [0.15, 0.2) is 18.2 Å². The van der Waals surface area contributed by atoms with Crippen molar-refractivity contribution in [2.24, 2.45) is 17.8 Å². The number of carbonyl (C=O) groups excluding carboxylic acids is 3. The van der Waals surface area contributed by atoms with Crippen LogP contribution in [0.25, 0.3) is 0 Å². The van der Waals surface area contributed by atoms with E-state index < -0.39 is 12.1 Å². The van der Waals surface area contributed by atoms with E-state index in [-0.39, 0.29) is 30.1 Å². The molecule has 0 heterocycles. The third-order valence-electron chi connectivity index (χ3n) is 7.35. The van der Waals surface area contributed by atoms with Crippen molar-refractivity contribution in [3.8, 4) is 0 Å². The second-order valence-electron chi connectivity index (χ2n) is 10.1. The first-order chi connectivity index (χ1) is 14.2. The Hall–Kier alpha value is -2.17. The quantitative estimate of drug-likeness (QED) is 0.537. The van der Waals surface area contributed by atoms with Gasteiger partial charge in [-0.15, -0.1) is 0 Å². The summed E-state index contributed by atoms with van der Waals surface area (Å²) >= 11 is 0. The first kappa shape index (κ1) is 21.1. The first-order valence-electron chi connectivity index (χ1n) is 11.3. The van der Waals surface area contributed by atoms with Crippen LogP contribution >= 0.6 is 0 Å². The van der Waals surface area contributed by atoms with Crippen LogP contribution in [-0.4, -0.2) is 29.3 Å². The number of carbonyl (C=O) groups is 3. The molecule has 5 rings (SSSR count). The first-order valence-corrected chi connectivity index (χ1v) is 11.3.